The highest BCUT2D eigenvalue weighted by molar-refractivity contribution is 5.23. The number of pyridine rings is 1. The fourth-order valence-corrected chi connectivity index (χ4v) is 0.941. The molecule has 66 valence electrons. The molecule has 1 aromatic heterocycles. The highest BCUT2D eigenvalue weighted by atomic mass is 16.5. The molecule has 1 N–H and O–H groups in total. The second-order valence-electron chi connectivity index (χ2n) is 2.51. The quantitative estimate of drug-likeness (QED) is 0.729. The lowest BCUT2D eigenvalue weighted by Crippen LogP contribution is -2.11. The Kier molecular flexibility index (Phi) is 3.54. The molecular weight excluding hydrogens is 152 g/mol. The van der Waals surface area contributed by atoms with E-state index in [4.69, 9.17) is 4.74 Å². The van der Waals surface area contributed by atoms with E-state index in [1.165, 1.54) is 0 Å². The molecule has 0 saturated heterocycles. The summed E-state index contributed by atoms with van der Waals surface area (Å²) >= 11 is 0. The minimum Gasteiger partial charge on any atom is -0.495 e. The van der Waals surface area contributed by atoms with Gasteiger partial charge in [-0.05, 0) is 18.2 Å². The Hall–Kier alpha value is -1.09. The van der Waals surface area contributed by atoms with E-state index >= 15 is 0 Å². The van der Waals surface area contributed by atoms with Crippen molar-refractivity contribution in [1.29, 1.82) is 0 Å². The summed E-state index contributed by atoms with van der Waals surface area (Å²) in [6.07, 6.45) is 3.54. The fourth-order valence-electron chi connectivity index (χ4n) is 0.941. The van der Waals surface area contributed by atoms with Gasteiger partial charge in [0.2, 0.25) is 0 Å². The Morgan fingerprint density at radius 3 is 3.00 bits per heavy atom. The molecule has 1 rings (SSSR count). The predicted molar refractivity (Wildman–Crippen MR) is 48.2 cm³/mol. The van der Waals surface area contributed by atoms with Crippen LogP contribution in [0.25, 0.3) is 0 Å². The summed E-state index contributed by atoms with van der Waals surface area (Å²) in [5.41, 5.74) is 1.15. The van der Waals surface area contributed by atoms with Gasteiger partial charge in [-0.1, -0.05) is 6.92 Å². The van der Waals surface area contributed by atoms with Crippen molar-refractivity contribution in [2.45, 2.75) is 13.5 Å². The molecule has 12 heavy (non-hydrogen) atoms. The maximum Gasteiger partial charge on any atom is 0.137 e. The third-order valence-corrected chi connectivity index (χ3v) is 1.58. The van der Waals surface area contributed by atoms with Gasteiger partial charge in [0.05, 0.1) is 13.3 Å². The molecule has 0 aromatic carbocycles. The number of nitrogens with zero attached hydrogens (tertiary/aromatic N) is 1. The van der Waals surface area contributed by atoms with E-state index < -0.39 is 0 Å². The van der Waals surface area contributed by atoms with Crippen molar-refractivity contribution in [3.63, 3.8) is 0 Å². The lowest BCUT2D eigenvalue weighted by molar-refractivity contribution is 0.412. The average Bonchev–Trinajstić information content (AvgIpc) is 2.15. The lowest BCUT2D eigenvalue weighted by atomic mass is 10.3. The van der Waals surface area contributed by atoms with E-state index in [0.717, 1.165) is 24.4 Å². The minimum absolute atomic E-state index is 0.811. The SMILES string of the molecule is CCNCc1cncc(OC)c1. The summed E-state index contributed by atoms with van der Waals surface area (Å²) in [6.45, 7) is 3.89. The summed E-state index contributed by atoms with van der Waals surface area (Å²) in [6, 6.07) is 1.98. The number of rotatable bonds is 4. The summed E-state index contributed by atoms with van der Waals surface area (Å²) in [5.74, 6) is 0.811. The molecule has 0 spiro atoms. The third-order valence-electron chi connectivity index (χ3n) is 1.58. The van der Waals surface area contributed by atoms with Gasteiger partial charge in [0, 0.05) is 12.7 Å². The normalized spacial score (nSPS) is 9.83. The van der Waals surface area contributed by atoms with Crippen LogP contribution in [0, 0.1) is 0 Å². The Bertz CT molecular complexity index is 238. The van der Waals surface area contributed by atoms with Gasteiger partial charge in [-0.3, -0.25) is 4.98 Å². The van der Waals surface area contributed by atoms with Crippen molar-refractivity contribution in [2.24, 2.45) is 0 Å². The van der Waals surface area contributed by atoms with Crippen LogP contribution in [0.4, 0.5) is 0 Å². The number of methoxy groups -OCH3 is 1. The molecule has 1 aromatic rings. The van der Waals surface area contributed by atoms with Crippen molar-refractivity contribution < 1.29 is 4.74 Å². The van der Waals surface area contributed by atoms with Crippen LogP contribution in [0.15, 0.2) is 18.5 Å². The first-order chi connectivity index (χ1) is 5.86. The number of ether oxygens (including phenoxy) is 1. The molecule has 0 fully saturated rings. The molecule has 0 aliphatic rings. The standard InChI is InChI=1S/C9H14N2O/c1-3-10-5-8-4-9(12-2)7-11-6-8/h4,6-7,10H,3,5H2,1-2H3. The second-order valence-corrected chi connectivity index (χ2v) is 2.51. The molecule has 0 amide bonds. The summed E-state index contributed by atoms with van der Waals surface area (Å²) < 4.78 is 5.04. The van der Waals surface area contributed by atoms with E-state index in [1.807, 2.05) is 12.3 Å². The van der Waals surface area contributed by atoms with Gasteiger partial charge in [0.15, 0.2) is 0 Å². The Balaban J connectivity index is 2.60. The van der Waals surface area contributed by atoms with Crippen LogP contribution in [0.1, 0.15) is 12.5 Å². The molecule has 0 atom stereocenters. The van der Waals surface area contributed by atoms with Crippen LogP contribution in [0.3, 0.4) is 0 Å². The zero-order chi connectivity index (χ0) is 8.81. The second kappa shape index (κ2) is 4.72. The summed E-state index contributed by atoms with van der Waals surface area (Å²) in [4.78, 5) is 4.04. The van der Waals surface area contributed by atoms with Crippen molar-refractivity contribution in [2.75, 3.05) is 13.7 Å². The van der Waals surface area contributed by atoms with Crippen LogP contribution >= 0.6 is 0 Å². The van der Waals surface area contributed by atoms with Gasteiger partial charge in [0.25, 0.3) is 0 Å². The van der Waals surface area contributed by atoms with E-state index in [1.54, 1.807) is 13.3 Å². The highest BCUT2D eigenvalue weighted by Gasteiger charge is 1.94. The molecular formula is C9H14N2O. The summed E-state index contributed by atoms with van der Waals surface area (Å²) in [5, 5.41) is 3.22. The van der Waals surface area contributed by atoms with E-state index in [0.29, 0.717) is 0 Å². The zero-order valence-corrected chi connectivity index (χ0v) is 7.50. The molecule has 0 aliphatic carbocycles. The summed E-state index contributed by atoms with van der Waals surface area (Å²) in [7, 11) is 1.65. The van der Waals surface area contributed by atoms with E-state index in [9.17, 15) is 0 Å². The van der Waals surface area contributed by atoms with Crippen molar-refractivity contribution >= 4 is 0 Å². The first-order valence-corrected chi connectivity index (χ1v) is 4.05. The van der Waals surface area contributed by atoms with E-state index in [-0.39, 0.29) is 0 Å². The van der Waals surface area contributed by atoms with Crippen LogP contribution in [-0.2, 0) is 6.54 Å². The van der Waals surface area contributed by atoms with Crippen molar-refractivity contribution in [3.05, 3.63) is 24.0 Å². The van der Waals surface area contributed by atoms with Gasteiger partial charge >= 0.3 is 0 Å². The molecule has 3 heteroatoms. The molecule has 0 bridgehead atoms. The zero-order valence-electron chi connectivity index (χ0n) is 7.50. The molecule has 3 nitrogen and oxygen atoms in total. The molecule has 0 radical (unpaired) electrons. The number of hydrogen-bond acceptors (Lipinski definition) is 3. The minimum atomic E-state index is 0.811. The third kappa shape index (κ3) is 2.51. The Morgan fingerprint density at radius 2 is 2.33 bits per heavy atom. The first-order valence-electron chi connectivity index (χ1n) is 4.05. The van der Waals surface area contributed by atoms with Crippen molar-refractivity contribution in [3.8, 4) is 5.75 Å². The molecule has 0 saturated carbocycles. The Labute approximate surface area is 72.8 Å². The molecule has 1 heterocycles. The van der Waals surface area contributed by atoms with E-state index in [2.05, 4.69) is 17.2 Å². The van der Waals surface area contributed by atoms with Crippen LogP contribution in [0.5, 0.6) is 5.75 Å². The fraction of sp³-hybridized carbons (Fsp3) is 0.444. The molecule has 0 unspecified atom stereocenters. The predicted octanol–water partition coefficient (Wildman–Crippen LogP) is 1.20. The van der Waals surface area contributed by atoms with Gasteiger partial charge < -0.3 is 10.1 Å². The van der Waals surface area contributed by atoms with Gasteiger partial charge in [-0.25, -0.2) is 0 Å². The first kappa shape index (κ1) is 9.00. The van der Waals surface area contributed by atoms with Crippen LogP contribution in [0.2, 0.25) is 0 Å². The Morgan fingerprint density at radius 1 is 1.50 bits per heavy atom. The van der Waals surface area contributed by atoms with Gasteiger partial charge in [-0.2, -0.15) is 0 Å². The van der Waals surface area contributed by atoms with Crippen LogP contribution < -0.4 is 10.1 Å². The van der Waals surface area contributed by atoms with Gasteiger partial charge in [0.1, 0.15) is 5.75 Å². The largest absolute Gasteiger partial charge is 0.495 e. The number of hydrogen-bond donors (Lipinski definition) is 1. The number of nitrogens with one attached hydrogen (secondary N) is 1. The van der Waals surface area contributed by atoms with Gasteiger partial charge in [-0.15, -0.1) is 0 Å². The monoisotopic (exact) mass is 166 g/mol. The highest BCUT2D eigenvalue weighted by Crippen LogP contribution is 2.09. The maximum absolute atomic E-state index is 5.04. The lowest BCUT2D eigenvalue weighted by Gasteiger charge is -2.03. The van der Waals surface area contributed by atoms with Crippen LogP contribution in [-0.4, -0.2) is 18.6 Å². The molecule has 0 aliphatic heterocycles. The maximum atomic E-state index is 5.04. The number of aromatic nitrogens is 1. The average molecular weight is 166 g/mol. The topological polar surface area (TPSA) is 34.2 Å². The smallest absolute Gasteiger partial charge is 0.137 e. The van der Waals surface area contributed by atoms with Crippen molar-refractivity contribution in [1.82, 2.24) is 10.3 Å².